The largest absolute Gasteiger partial charge is 0.480 e. The van der Waals surface area contributed by atoms with Gasteiger partial charge in [-0.25, -0.2) is 9.78 Å². The summed E-state index contributed by atoms with van der Waals surface area (Å²) in [5, 5.41) is 16.0. The lowest BCUT2D eigenvalue weighted by molar-refractivity contribution is -0.144. The molecule has 1 aromatic heterocycles. The predicted octanol–water partition coefficient (Wildman–Crippen LogP) is 4.89. The van der Waals surface area contributed by atoms with E-state index in [0.29, 0.717) is 25.4 Å². The van der Waals surface area contributed by atoms with Gasteiger partial charge in [-0.3, -0.25) is 4.79 Å². The van der Waals surface area contributed by atoms with Crippen LogP contribution in [0.25, 0.3) is 0 Å². The Morgan fingerprint density at radius 3 is 2.62 bits per heavy atom. The first-order chi connectivity index (χ1) is 17.9. The van der Waals surface area contributed by atoms with Crippen LogP contribution in [-0.4, -0.2) is 47.3 Å². The van der Waals surface area contributed by atoms with E-state index in [1.807, 2.05) is 44.2 Å². The molecule has 2 heterocycles. The fraction of sp³-hybridized carbons (Fsp3) is 0.567. The van der Waals surface area contributed by atoms with Crippen LogP contribution in [0.2, 0.25) is 0 Å². The van der Waals surface area contributed by atoms with E-state index >= 15 is 0 Å². The molecule has 7 heteroatoms. The zero-order valence-electron chi connectivity index (χ0n) is 22.2. The van der Waals surface area contributed by atoms with Gasteiger partial charge in [0.05, 0.1) is 11.5 Å². The van der Waals surface area contributed by atoms with Gasteiger partial charge in [0.1, 0.15) is 11.9 Å². The first-order valence-electron chi connectivity index (χ1n) is 13.9. The van der Waals surface area contributed by atoms with Gasteiger partial charge < -0.3 is 20.5 Å². The normalized spacial score (nSPS) is 19.7. The lowest BCUT2D eigenvalue weighted by Gasteiger charge is -2.36. The number of carboxylic acid groups (broad SMARTS) is 1. The number of rotatable bonds is 13. The fourth-order valence-electron chi connectivity index (χ4n) is 5.68. The first kappa shape index (κ1) is 27.1. The summed E-state index contributed by atoms with van der Waals surface area (Å²) in [7, 11) is 0. The Morgan fingerprint density at radius 2 is 1.92 bits per heavy atom. The van der Waals surface area contributed by atoms with Crippen LogP contribution >= 0.6 is 0 Å². The number of aromatic nitrogens is 1. The number of benzene rings is 1. The van der Waals surface area contributed by atoms with Crippen LogP contribution in [0, 0.1) is 5.92 Å². The number of carbonyl (C=O) groups excluding carboxylic acids is 1. The maximum absolute atomic E-state index is 13.3. The molecule has 1 amide bonds. The maximum atomic E-state index is 13.3. The molecule has 4 rings (SSSR count). The number of fused-ring (bicyclic) bond motifs is 1. The molecule has 0 unspecified atom stereocenters. The quantitative estimate of drug-likeness (QED) is 0.357. The Kier molecular flexibility index (Phi) is 9.19. The predicted molar refractivity (Wildman–Crippen MR) is 145 cm³/mol. The van der Waals surface area contributed by atoms with Gasteiger partial charge in [0, 0.05) is 25.3 Å². The molecule has 1 fully saturated rings. The van der Waals surface area contributed by atoms with Crippen molar-refractivity contribution in [2.24, 2.45) is 5.92 Å². The summed E-state index contributed by atoms with van der Waals surface area (Å²) < 4.78 is 5.98. The zero-order chi connectivity index (χ0) is 26.3. The number of hydrogen-bond acceptors (Lipinski definition) is 5. The molecular weight excluding hydrogens is 466 g/mol. The molecule has 7 nitrogen and oxygen atoms in total. The van der Waals surface area contributed by atoms with Crippen LogP contribution in [0.15, 0.2) is 42.5 Å². The third-order valence-corrected chi connectivity index (χ3v) is 8.28. The highest BCUT2D eigenvalue weighted by Crippen LogP contribution is 2.34. The third-order valence-electron chi connectivity index (χ3n) is 8.28. The molecule has 2 aromatic rings. The summed E-state index contributed by atoms with van der Waals surface area (Å²) in [5.74, 6) is 0.416. The molecule has 0 radical (unpaired) electrons. The summed E-state index contributed by atoms with van der Waals surface area (Å²) in [6.07, 6.45) is 7.96. The number of anilines is 1. The number of carboxylic acids is 1. The molecule has 37 heavy (non-hydrogen) atoms. The summed E-state index contributed by atoms with van der Waals surface area (Å²) in [5.41, 5.74) is 2.64. The highest BCUT2D eigenvalue weighted by molar-refractivity contribution is 5.91. The van der Waals surface area contributed by atoms with E-state index < -0.39 is 17.4 Å². The molecule has 0 saturated heterocycles. The smallest absolute Gasteiger partial charge is 0.326 e. The van der Waals surface area contributed by atoms with Gasteiger partial charge in [-0.05, 0) is 74.5 Å². The number of pyridine rings is 1. The van der Waals surface area contributed by atoms with Crippen molar-refractivity contribution in [3.8, 4) is 0 Å². The van der Waals surface area contributed by atoms with Crippen molar-refractivity contribution >= 4 is 17.7 Å². The number of nitrogens with one attached hydrogen (secondary N) is 2. The monoisotopic (exact) mass is 507 g/mol. The molecule has 1 aliphatic carbocycles. The van der Waals surface area contributed by atoms with Gasteiger partial charge in [-0.1, -0.05) is 50.2 Å². The minimum atomic E-state index is -1.02. The number of hydrogen-bond donors (Lipinski definition) is 3. The van der Waals surface area contributed by atoms with E-state index in [9.17, 15) is 14.7 Å². The number of ether oxygens (including phenoxy) is 1. The van der Waals surface area contributed by atoms with Crippen molar-refractivity contribution in [1.29, 1.82) is 0 Å². The van der Waals surface area contributed by atoms with E-state index in [2.05, 4.69) is 22.8 Å². The number of carbonyl (C=O) groups is 2. The Bertz CT molecular complexity index is 1050. The number of amides is 1. The minimum Gasteiger partial charge on any atom is -0.480 e. The molecule has 1 saturated carbocycles. The molecule has 0 bridgehead atoms. The summed E-state index contributed by atoms with van der Waals surface area (Å²) in [4.78, 5) is 30.0. The van der Waals surface area contributed by atoms with Crippen molar-refractivity contribution in [3.05, 3.63) is 59.3 Å². The first-order valence-corrected chi connectivity index (χ1v) is 13.9. The molecule has 1 aromatic carbocycles. The van der Waals surface area contributed by atoms with Gasteiger partial charge in [0.2, 0.25) is 5.91 Å². The van der Waals surface area contributed by atoms with Gasteiger partial charge >= 0.3 is 5.97 Å². The topological polar surface area (TPSA) is 101 Å². The van der Waals surface area contributed by atoms with E-state index in [1.54, 1.807) is 0 Å². The Balaban J connectivity index is 1.20. The molecule has 2 aliphatic rings. The second-order valence-electron chi connectivity index (χ2n) is 10.5. The highest BCUT2D eigenvalue weighted by Gasteiger charge is 2.38. The van der Waals surface area contributed by atoms with E-state index in [4.69, 9.17) is 9.72 Å². The van der Waals surface area contributed by atoms with Gasteiger partial charge in [0.25, 0.3) is 0 Å². The average molecular weight is 508 g/mol. The molecule has 1 atom stereocenters. The summed E-state index contributed by atoms with van der Waals surface area (Å²) in [6, 6.07) is 13.0. The fourth-order valence-corrected chi connectivity index (χ4v) is 5.68. The Hall–Kier alpha value is -2.93. The van der Waals surface area contributed by atoms with E-state index in [-0.39, 0.29) is 18.4 Å². The van der Waals surface area contributed by atoms with Gasteiger partial charge in [0.15, 0.2) is 0 Å². The van der Waals surface area contributed by atoms with Crippen LogP contribution in [0.5, 0.6) is 0 Å². The van der Waals surface area contributed by atoms with Crippen molar-refractivity contribution in [1.82, 2.24) is 10.3 Å². The zero-order valence-corrected chi connectivity index (χ0v) is 22.2. The lowest BCUT2D eigenvalue weighted by Crippen LogP contribution is -2.50. The standard InChI is InChI=1S/C30H41N3O4/c1-3-30(4-2,23-10-6-5-7-11-23)29(36)33-26(28(34)35)16-18-37-25-19-21(20-25)12-14-24-15-13-22-9-8-17-31-27(22)32-24/h5-7,10-11,13,15,21,25-26H,3-4,8-9,12,14,16-20H2,1-2H3,(H,31,32)(H,33,36)(H,34,35)/t21-,25-,26-/m0/s1. The van der Waals surface area contributed by atoms with Crippen molar-refractivity contribution in [3.63, 3.8) is 0 Å². The molecular formula is C30H41N3O4. The van der Waals surface area contributed by atoms with E-state index in [1.165, 1.54) is 12.0 Å². The minimum absolute atomic E-state index is 0.169. The average Bonchev–Trinajstić information content (AvgIpc) is 2.90. The summed E-state index contributed by atoms with van der Waals surface area (Å²) in [6.45, 7) is 5.27. The molecule has 1 aliphatic heterocycles. The number of aliphatic carboxylic acids is 1. The second kappa shape index (κ2) is 12.5. The van der Waals surface area contributed by atoms with Crippen LogP contribution in [0.4, 0.5) is 5.82 Å². The molecule has 0 spiro atoms. The molecule has 3 N–H and O–H groups in total. The van der Waals surface area contributed by atoms with Crippen LogP contribution in [-0.2, 0) is 32.6 Å². The number of nitrogens with zero attached hydrogens (tertiary/aromatic N) is 1. The highest BCUT2D eigenvalue weighted by atomic mass is 16.5. The van der Waals surface area contributed by atoms with Crippen molar-refractivity contribution in [2.75, 3.05) is 18.5 Å². The number of aryl methyl sites for hydroxylation is 2. The maximum Gasteiger partial charge on any atom is 0.326 e. The van der Waals surface area contributed by atoms with Crippen LogP contribution in [0.1, 0.15) is 75.6 Å². The SMILES string of the molecule is CCC(CC)(C(=O)N[C@@H](CCO[C@H]1C[C@H](CCc2ccc3c(n2)NCCC3)C1)C(=O)O)c1ccccc1. The Morgan fingerprint density at radius 1 is 1.16 bits per heavy atom. The van der Waals surface area contributed by atoms with E-state index in [0.717, 1.165) is 55.7 Å². The van der Waals surface area contributed by atoms with Crippen molar-refractivity contribution in [2.45, 2.75) is 89.2 Å². The second-order valence-corrected chi connectivity index (χ2v) is 10.5. The summed E-state index contributed by atoms with van der Waals surface area (Å²) >= 11 is 0. The Labute approximate surface area is 220 Å². The van der Waals surface area contributed by atoms with Crippen molar-refractivity contribution < 1.29 is 19.4 Å². The molecule has 200 valence electrons. The van der Waals surface area contributed by atoms with Gasteiger partial charge in [-0.15, -0.1) is 0 Å². The van der Waals surface area contributed by atoms with Crippen LogP contribution in [0.3, 0.4) is 0 Å². The third kappa shape index (κ3) is 6.50. The van der Waals surface area contributed by atoms with Gasteiger partial charge in [-0.2, -0.15) is 0 Å². The lowest BCUT2D eigenvalue weighted by atomic mass is 9.75. The van der Waals surface area contributed by atoms with Crippen LogP contribution < -0.4 is 10.6 Å².